The molecule has 3 amide bonds. The zero-order valence-corrected chi connectivity index (χ0v) is 16.0. The van der Waals surface area contributed by atoms with Gasteiger partial charge in [0.25, 0.3) is 17.7 Å². The van der Waals surface area contributed by atoms with E-state index < -0.39 is 29.6 Å². The average Bonchev–Trinajstić information content (AvgIpc) is 3.14. The minimum absolute atomic E-state index is 0.229. The lowest BCUT2D eigenvalue weighted by molar-refractivity contribution is -0.124. The van der Waals surface area contributed by atoms with E-state index in [2.05, 4.69) is 21.2 Å². The molecule has 0 fully saturated rings. The number of benzene rings is 2. The number of fused-ring (bicyclic) bond motifs is 1. The molecule has 2 aromatic carbocycles. The molecular weight excluding hydrogens is 375 g/mol. The van der Waals surface area contributed by atoms with Crippen molar-refractivity contribution in [1.29, 1.82) is 0 Å². The van der Waals surface area contributed by atoms with Crippen LogP contribution in [0.2, 0.25) is 0 Å². The molecule has 0 aliphatic heterocycles. The summed E-state index contributed by atoms with van der Waals surface area (Å²) in [6.45, 7) is 3.52. The number of nitrogens with one attached hydrogen (secondary N) is 4. The van der Waals surface area contributed by atoms with Crippen LogP contribution in [0.1, 0.15) is 34.6 Å². The fourth-order valence-electron chi connectivity index (χ4n) is 2.88. The van der Waals surface area contributed by atoms with Crippen LogP contribution < -0.4 is 16.2 Å². The van der Waals surface area contributed by atoms with Crippen LogP contribution in [0.5, 0.6) is 0 Å². The molecule has 0 saturated heterocycles. The average molecular weight is 396 g/mol. The van der Waals surface area contributed by atoms with Crippen LogP contribution in [0.4, 0.5) is 4.39 Å². The highest BCUT2D eigenvalue weighted by Crippen LogP contribution is 2.17. The van der Waals surface area contributed by atoms with Gasteiger partial charge in [-0.1, -0.05) is 32.0 Å². The Hall–Kier alpha value is -3.68. The predicted octanol–water partition coefficient (Wildman–Crippen LogP) is 2.52. The number of aromatic amines is 1. The first-order valence-corrected chi connectivity index (χ1v) is 9.09. The summed E-state index contributed by atoms with van der Waals surface area (Å²) in [5.41, 5.74) is 6.15. The normalized spacial score (nSPS) is 11.9. The molecule has 1 heterocycles. The number of carbonyl (C=O) groups excluding carboxylic acids is 3. The maximum atomic E-state index is 13.0. The lowest BCUT2D eigenvalue weighted by Gasteiger charge is -2.21. The lowest BCUT2D eigenvalue weighted by atomic mass is 10.0. The summed E-state index contributed by atoms with van der Waals surface area (Å²) in [4.78, 5) is 40.3. The number of halogens is 1. The third-order valence-corrected chi connectivity index (χ3v) is 4.48. The van der Waals surface area contributed by atoms with Gasteiger partial charge in [-0.2, -0.15) is 0 Å². The van der Waals surface area contributed by atoms with Gasteiger partial charge >= 0.3 is 0 Å². The number of carbonyl (C=O) groups is 3. The molecule has 4 N–H and O–H groups in total. The van der Waals surface area contributed by atoms with Gasteiger partial charge in [0.2, 0.25) is 0 Å². The molecule has 0 radical (unpaired) electrons. The van der Waals surface area contributed by atoms with Gasteiger partial charge < -0.3 is 10.3 Å². The zero-order valence-electron chi connectivity index (χ0n) is 16.0. The van der Waals surface area contributed by atoms with Gasteiger partial charge in [-0.25, -0.2) is 4.39 Å². The maximum Gasteiger partial charge on any atom is 0.271 e. The van der Waals surface area contributed by atoms with Crippen LogP contribution in [0.25, 0.3) is 10.9 Å². The first-order valence-electron chi connectivity index (χ1n) is 9.09. The van der Waals surface area contributed by atoms with E-state index in [-0.39, 0.29) is 11.5 Å². The zero-order chi connectivity index (χ0) is 21.0. The Labute approximate surface area is 166 Å². The van der Waals surface area contributed by atoms with Crippen molar-refractivity contribution in [1.82, 2.24) is 21.2 Å². The topological polar surface area (TPSA) is 103 Å². The van der Waals surface area contributed by atoms with Crippen LogP contribution in [-0.4, -0.2) is 28.7 Å². The number of para-hydroxylation sites is 1. The number of rotatable bonds is 5. The molecule has 1 aromatic heterocycles. The molecule has 0 aliphatic rings. The summed E-state index contributed by atoms with van der Waals surface area (Å²) >= 11 is 0. The highest BCUT2D eigenvalue weighted by Gasteiger charge is 2.25. The van der Waals surface area contributed by atoms with Crippen molar-refractivity contribution in [3.05, 3.63) is 71.7 Å². The van der Waals surface area contributed by atoms with Crippen LogP contribution in [0, 0.1) is 11.7 Å². The molecule has 1 atom stereocenters. The van der Waals surface area contributed by atoms with Gasteiger partial charge in [-0.15, -0.1) is 0 Å². The Bertz CT molecular complexity index is 1040. The Morgan fingerprint density at radius 1 is 0.931 bits per heavy atom. The van der Waals surface area contributed by atoms with Gasteiger partial charge in [-0.3, -0.25) is 25.2 Å². The first-order chi connectivity index (χ1) is 13.9. The van der Waals surface area contributed by atoms with Crippen LogP contribution in [-0.2, 0) is 4.79 Å². The molecule has 150 valence electrons. The number of H-pyrrole nitrogens is 1. The fourth-order valence-corrected chi connectivity index (χ4v) is 2.88. The van der Waals surface area contributed by atoms with Crippen molar-refractivity contribution in [2.45, 2.75) is 19.9 Å². The SMILES string of the molecule is CC(C)C(NC(=O)c1ccc(F)cc1)C(=O)NNC(=O)c1c[nH]c2ccccc12. The largest absolute Gasteiger partial charge is 0.360 e. The third-order valence-electron chi connectivity index (χ3n) is 4.48. The van der Waals surface area contributed by atoms with Crippen molar-refractivity contribution in [2.75, 3.05) is 0 Å². The van der Waals surface area contributed by atoms with E-state index in [1.807, 2.05) is 18.2 Å². The molecule has 3 rings (SSSR count). The second-order valence-corrected chi connectivity index (χ2v) is 6.89. The third kappa shape index (κ3) is 4.60. The van der Waals surface area contributed by atoms with Crippen LogP contribution >= 0.6 is 0 Å². The Kier molecular flexibility index (Phi) is 5.92. The van der Waals surface area contributed by atoms with E-state index in [9.17, 15) is 18.8 Å². The molecule has 7 nitrogen and oxygen atoms in total. The highest BCUT2D eigenvalue weighted by molar-refractivity contribution is 6.07. The molecule has 0 bridgehead atoms. The molecule has 8 heteroatoms. The van der Waals surface area contributed by atoms with Crippen molar-refractivity contribution in [2.24, 2.45) is 5.92 Å². The molecule has 1 unspecified atom stereocenters. The summed E-state index contributed by atoms with van der Waals surface area (Å²) in [7, 11) is 0. The van der Waals surface area contributed by atoms with Crippen molar-refractivity contribution < 1.29 is 18.8 Å². The van der Waals surface area contributed by atoms with Gasteiger partial charge in [0.15, 0.2) is 0 Å². The Morgan fingerprint density at radius 3 is 2.31 bits per heavy atom. The summed E-state index contributed by atoms with van der Waals surface area (Å²) < 4.78 is 13.0. The van der Waals surface area contributed by atoms with Crippen LogP contribution in [0.15, 0.2) is 54.7 Å². The van der Waals surface area contributed by atoms with Crippen LogP contribution in [0.3, 0.4) is 0 Å². The molecule has 29 heavy (non-hydrogen) atoms. The van der Waals surface area contributed by atoms with E-state index >= 15 is 0 Å². The van der Waals surface area contributed by atoms with E-state index in [1.54, 1.807) is 26.1 Å². The lowest BCUT2D eigenvalue weighted by Crippen LogP contribution is -2.54. The minimum atomic E-state index is -0.893. The monoisotopic (exact) mass is 396 g/mol. The fraction of sp³-hybridized carbons (Fsp3) is 0.190. The standard InChI is InChI=1S/C21H21FN4O3/c1-12(2)18(24-19(27)13-7-9-14(22)10-8-13)21(29)26-25-20(28)16-11-23-17-6-4-3-5-15(16)17/h3-12,18,23H,1-2H3,(H,24,27)(H,25,28)(H,26,29). The van der Waals surface area contributed by atoms with E-state index in [1.165, 1.54) is 24.3 Å². The van der Waals surface area contributed by atoms with Crippen molar-refractivity contribution in [3.8, 4) is 0 Å². The smallest absolute Gasteiger partial charge is 0.271 e. The number of aromatic nitrogens is 1. The quantitative estimate of drug-likeness (QED) is 0.498. The molecular formula is C21H21FN4O3. The Morgan fingerprint density at radius 2 is 1.62 bits per heavy atom. The number of amides is 3. The number of hydrogen-bond donors (Lipinski definition) is 4. The molecule has 0 aliphatic carbocycles. The predicted molar refractivity (Wildman–Crippen MR) is 106 cm³/mol. The highest BCUT2D eigenvalue weighted by atomic mass is 19.1. The Balaban J connectivity index is 1.64. The van der Waals surface area contributed by atoms with Crippen molar-refractivity contribution in [3.63, 3.8) is 0 Å². The molecule has 0 saturated carbocycles. The van der Waals surface area contributed by atoms with E-state index in [0.717, 1.165) is 10.9 Å². The van der Waals surface area contributed by atoms with Gasteiger partial charge in [-0.05, 0) is 36.2 Å². The number of hydrazine groups is 1. The minimum Gasteiger partial charge on any atom is -0.360 e. The summed E-state index contributed by atoms with van der Waals surface area (Å²) in [5.74, 6) is -2.27. The summed E-state index contributed by atoms with van der Waals surface area (Å²) in [6, 6.07) is 11.4. The summed E-state index contributed by atoms with van der Waals surface area (Å²) in [6.07, 6.45) is 1.56. The maximum absolute atomic E-state index is 13.0. The summed E-state index contributed by atoms with van der Waals surface area (Å²) in [5, 5.41) is 3.34. The molecule has 0 spiro atoms. The van der Waals surface area contributed by atoms with Gasteiger partial charge in [0, 0.05) is 22.7 Å². The van der Waals surface area contributed by atoms with Gasteiger partial charge in [0.1, 0.15) is 11.9 Å². The first kappa shape index (κ1) is 20.1. The van der Waals surface area contributed by atoms with Gasteiger partial charge in [0.05, 0.1) is 5.56 Å². The van der Waals surface area contributed by atoms with Crippen molar-refractivity contribution >= 4 is 28.6 Å². The van der Waals surface area contributed by atoms with E-state index in [4.69, 9.17) is 0 Å². The second kappa shape index (κ2) is 8.55. The number of hydrogen-bond acceptors (Lipinski definition) is 3. The second-order valence-electron chi connectivity index (χ2n) is 6.89. The molecule has 3 aromatic rings. The van der Waals surface area contributed by atoms with E-state index in [0.29, 0.717) is 5.56 Å².